The topological polar surface area (TPSA) is 37.3 Å². The first kappa shape index (κ1) is 7.51. The summed E-state index contributed by atoms with van der Waals surface area (Å²) in [5, 5.41) is 8.47. The minimum Gasteiger partial charge on any atom is -0.481 e. The molecule has 0 aromatic heterocycles. The molecule has 2 atom stereocenters. The fourth-order valence-corrected chi connectivity index (χ4v) is 1.36. The van der Waals surface area contributed by atoms with E-state index in [-0.39, 0.29) is 0 Å². The highest BCUT2D eigenvalue weighted by Crippen LogP contribution is 2.26. The molecule has 58 valence electrons. The first-order valence-corrected chi connectivity index (χ1v) is 3.58. The quantitative estimate of drug-likeness (QED) is 0.610. The van der Waals surface area contributed by atoms with Crippen LogP contribution in [0.4, 0.5) is 4.39 Å². The Morgan fingerprint density at radius 1 is 1.40 bits per heavy atom. The van der Waals surface area contributed by atoms with Crippen molar-refractivity contribution in [1.29, 1.82) is 0 Å². The second-order valence-electron chi connectivity index (χ2n) is 2.75. The summed E-state index contributed by atoms with van der Waals surface area (Å²) >= 11 is 0. The van der Waals surface area contributed by atoms with Crippen LogP contribution in [0.1, 0.15) is 25.7 Å². The van der Waals surface area contributed by atoms with Crippen LogP contribution in [-0.2, 0) is 4.79 Å². The molecule has 0 aromatic rings. The van der Waals surface area contributed by atoms with Gasteiger partial charge in [-0.25, -0.2) is 4.39 Å². The molecule has 0 bridgehead atoms. The van der Waals surface area contributed by atoms with Crippen molar-refractivity contribution in [3.05, 3.63) is 0 Å². The SMILES string of the molecule is O=C(O)[C@H]1CCCC[C@@H]1F. The van der Waals surface area contributed by atoms with Crippen molar-refractivity contribution in [2.75, 3.05) is 0 Å². The molecule has 0 spiro atoms. The summed E-state index contributed by atoms with van der Waals surface area (Å²) in [4.78, 5) is 10.3. The maximum atomic E-state index is 12.7. The molecule has 1 fully saturated rings. The van der Waals surface area contributed by atoms with Gasteiger partial charge < -0.3 is 5.11 Å². The van der Waals surface area contributed by atoms with Gasteiger partial charge in [-0.1, -0.05) is 12.8 Å². The van der Waals surface area contributed by atoms with Gasteiger partial charge in [-0.3, -0.25) is 4.79 Å². The molecule has 1 aliphatic carbocycles. The van der Waals surface area contributed by atoms with Crippen molar-refractivity contribution in [2.24, 2.45) is 5.92 Å². The van der Waals surface area contributed by atoms with Crippen molar-refractivity contribution in [2.45, 2.75) is 31.9 Å². The zero-order chi connectivity index (χ0) is 7.56. The molecule has 0 aromatic carbocycles. The second kappa shape index (κ2) is 2.99. The van der Waals surface area contributed by atoms with Crippen LogP contribution in [0.2, 0.25) is 0 Å². The number of hydrogen-bond donors (Lipinski definition) is 1. The van der Waals surface area contributed by atoms with Crippen LogP contribution in [0.5, 0.6) is 0 Å². The maximum absolute atomic E-state index is 12.7. The molecule has 10 heavy (non-hydrogen) atoms. The van der Waals surface area contributed by atoms with E-state index in [9.17, 15) is 9.18 Å². The van der Waals surface area contributed by atoms with E-state index in [4.69, 9.17) is 5.11 Å². The van der Waals surface area contributed by atoms with Crippen molar-refractivity contribution >= 4 is 5.97 Å². The Morgan fingerprint density at radius 2 is 2.00 bits per heavy atom. The highest BCUT2D eigenvalue weighted by atomic mass is 19.1. The fourth-order valence-electron chi connectivity index (χ4n) is 1.36. The average molecular weight is 146 g/mol. The number of alkyl halides is 1. The summed E-state index contributed by atoms with van der Waals surface area (Å²) in [6.07, 6.45) is 1.53. The molecule has 2 nitrogen and oxygen atoms in total. The van der Waals surface area contributed by atoms with Gasteiger partial charge in [0.15, 0.2) is 0 Å². The van der Waals surface area contributed by atoms with Crippen LogP contribution in [0.15, 0.2) is 0 Å². The van der Waals surface area contributed by atoms with E-state index < -0.39 is 18.1 Å². The smallest absolute Gasteiger partial charge is 0.309 e. The molecular weight excluding hydrogens is 135 g/mol. The van der Waals surface area contributed by atoms with Gasteiger partial charge in [0.25, 0.3) is 0 Å². The largest absolute Gasteiger partial charge is 0.481 e. The van der Waals surface area contributed by atoms with E-state index in [0.717, 1.165) is 12.8 Å². The minimum atomic E-state index is -1.11. The van der Waals surface area contributed by atoms with Gasteiger partial charge in [0.2, 0.25) is 0 Å². The lowest BCUT2D eigenvalue weighted by atomic mass is 9.88. The highest BCUT2D eigenvalue weighted by molar-refractivity contribution is 5.70. The number of carbonyl (C=O) groups is 1. The van der Waals surface area contributed by atoms with E-state index >= 15 is 0 Å². The van der Waals surface area contributed by atoms with E-state index in [1.807, 2.05) is 0 Å². The Morgan fingerprint density at radius 3 is 2.40 bits per heavy atom. The molecule has 0 amide bonds. The predicted molar refractivity (Wildman–Crippen MR) is 34.5 cm³/mol. The Kier molecular flexibility index (Phi) is 2.25. The van der Waals surface area contributed by atoms with Crippen molar-refractivity contribution in [3.63, 3.8) is 0 Å². The lowest BCUT2D eigenvalue weighted by molar-refractivity contribution is -0.145. The van der Waals surface area contributed by atoms with Gasteiger partial charge in [-0.05, 0) is 12.8 Å². The van der Waals surface area contributed by atoms with Gasteiger partial charge in [0, 0.05) is 0 Å². The van der Waals surface area contributed by atoms with Crippen LogP contribution in [-0.4, -0.2) is 17.2 Å². The van der Waals surface area contributed by atoms with Crippen LogP contribution in [0.25, 0.3) is 0 Å². The summed E-state index contributed by atoms with van der Waals surface area (Å²) in [6, 6.07) is 0. The normalized spacial score (nSPS) is 33.7. The molecule has 0 saturated heterocycles. The van der Waals surface area contributed by atoms with Crippen LogP contribution in [0.3, 0.4) is 0 Å². The third-order valence-electron chi connectivity index (χ3n) is 2.00. The van der Waals surface area contributed by atoms with Gasteiger partial charge in [0.05, 0.1) is 5.92 Å². The number of carboxylic acids is 1. The van der Waals surface area contributed by atoms with Crippen molar-refractivity contribution in [3.8, 4) is 0 Å². The number of hydrogen-bond acceptors (Lipinski definition) is 1. The van der Waals surface area contributed by atoms with E-state index in [1.165, 1.54) is 0 Å². The first-order chi connectivity index (χ1) is 4.72. The number of carboxylic acid groups (broad SMARTS) is 1. The Hall–Kier alpha value is -0.600. The summed E-state index contributed by atoms with van der Waals surface area (Å²) in [5.41, 5.74) is 0. The number of aliphatic carboxylic acids is 1. The van der Waals surface area contributed by atoms with Crippen LogP contribution in [0, 0.1) is 5.92 Å². The zero-order valence-electron chi connectivity index (χ0n) is 5.72. The molecule has 0 heterocycles. The van der Waals surface area contributed by atoms with Crippen molar-refractivity contribution < 1.29 is 14.3 Å². The summed E-state index contributed by atoms with van der Waals surface area (Å²) in [7, 11) is 0. The zero-order valence-corrected chi connectivity index (χ0v) is 5.72. The third kappa shape index (κ3) is 1.46. The Balaban J connectivity index is 2.47. The number of rotatable bonds is 1. The standard InChI is InChI=1S/C7H11FO2/c8-6-4-2-1-3-5(6)7(9)10/h5-6H,1-4H2,(H,9,10)/t5-,6-/m0/s1. The average Bonchev–Trinajstić information content (AvgIpc) is 1.88. The molecule has 0 unspecified atom stereocenters. The molecule has 1 rings (SSSR count). The summed E-state index contributed by atoms with van der Waals surface area (Å²) in [5.74, 6) is -1.71. The molecule has 1 saturated carbocycles. The lowest BCUT2D eigenvalue weighted by Crippen LogP contribution is -2.27. The molecule has 0 radical (unpaired) electrons. The van der Waals surface area contributed by atoms with Gasteiger partial charge in [-0.2, -0.15) is 0 Å². The first-order valence-electron chi connectivity index (χ1n) is 3.58. The van der Waals surface area contributed by atoms with Crippen molar-refractivity contribution in [1.82, 2.24) is 0 Å². The summed E-state index contributed by atoms with van der Waals surface area (Å²) < 4.78 is 12.7. The molecule has 0 aliphatic heterocycles. The highest BCUT2D eigenvalue weighted by Gasteiger charge is 2.30. The second-order valence-corrected chi connectivity index (χ2v) is 2.75. The van der Waals surface area contributed by atoms with E-state index in [2.05, 4.69) is 0 Å². The summed E-state index contributed by atoms with van der Waals surface area (Å²) in [6.45, 7) is 0. The predicted octanol–water partition coefficient (Wildman–Crippen LogP) is 1.60. The van der Waals surface area contributed by atoms with Gasteiger partial charge >= 0.3 is 5.97 Å². The van der Waals surface area contributed by atoms with Gasteiger partial charge in [-0.15, -0.1) is 0 Å². The Labute approximate surface area is 59.0 Å². The fraction of sp³-hybridized carbons (Fsp3) is 0.857. The van der Waals surface area contributed by atoms with Crippen LogP contribution >= 0.6 is 0 Å². The maximum Gasteiger partial charge on any atom is 0.309 e. The number of halogens is 1. The van der Waals surface area contributed by atoms with E-state index in [1.54, 1.807) is 0 Å². The Bertz CT molecular complexity index is 136. The molecular formula is C7H11FO2. The molecule has 1 N–H and O–H groups in total. The molecule has 1 aliphatic rings. The monoisotopic (exact) mass is 146 g/mol. The van der Waals surface area contributed by atoms with E-state index in [0.29, 0.717) is 12.8 Å². The minimum absolute atomic E-state index is 0.428. The van der Waals surface area contributed by atoms with Crippen LogP contribution < -0.4 is 0 Å². The third-order valence-corrected chi connectivity index (χ3v) is 2.00. The molecule has 3 heteroatoms. The lowest BCUT2D eigenvalue weighted by Gasteiger charge is -2.21. The van der Waals surface area contributed by atoms with Gasteiger partial charge in [0.1, 0.15) is 6.17 Å².